The molecule has 1 aromatic carbocycles. The second-order valence-corrected chi connectivity index (χ2v) is 8.71. The van der Waals surface area contributed by atoms with Crippen LogP contribution in [0.3, 0.4) is 0 Å². The van der Waals surface area contributed by atoms with Crippen LogP contribution in [0.4, 0.5) is 5.69 Å². The average Bonchev–Trinajstić information content (AvgIpc) is 2.66. The number of nitrogens with zero attached hydrogens (tertiary/aromatic N) is 1. The van der Waals surface area contributed by atoms with Crippen LogP contribution in [0.2, 0.25) is 0 Å². The van der Waals surface area contributed by atoms with Crippen molar-refractivity contribution in [2.75, 3.05) is 57.7 Å². The first-order valence-electron chi connectivity index (χ1n) is 10.8. The van der Waals surface area contributed by atoms with Crippen LogP contribution in [0.25, 0.3) is 0 Å². The highest BCUT2D eigenvalue weighted by atomic mass is 16.5. The summed E-state index contributed by atoms with van der Waals surface area (Å²) in [4.78, 5) is 29.7. The molecule has 1 aromatic rings. The highest BCUT2D eigenvalue weighted by molar-refractivity contribution is 5.92. The minimum atomic E-state index is 0.0597. The van der Waals surface area contributed by atoms with Crippen molar-refractivity contribution in [2.24, 2.45) is 0 Å². The first-order chi connectivity index (χ1) is 13.8. The Balaban J connectivity index is 1.41. The normalized spacial score (nSPS) is 27.5. The first-order valence-corrected chi connectivity index (χ1v) is 10.8. The van der Waals surface area contributed by atoms with Gasteiger partial charge in [0, 0.05) is 18.8 Å². The summed E-state index contributed by atoms with van der Waals surface area (Å²) in [5.74, 6) is 0.280. The van der Waals surface area contributed by atoms with Crippen molar-refractivity contribution in [1.82, 2.24) is 4.90 Å². The zero-order valence-electron chi connectivity index (χ0n) is 18.2. The van der Waals surface area contributed by atoms with Crippen molar-refractivity contribution in [3.8, 4) is 0 Å². The van der Waals surface area contributed by atoms with Crippen molar-refractivity contribution >= 4 is 17.5 Å². The summed E-state index contributed by atoms with van der Waals surface area (Å²) in [6.07, 6.45) is 0.212. The van der Waals surface area contributed by atoms with Crippen molar-refractivity contribution in [3.63, 3.8) is 0 Å². The van der Waals surface area contributed by atoms with Gasteiger partial charge in [0.25, 0.3) is 11.8 Å². The molecule has 2 aliphatic rings. The first kappa shape index (κ1) is 21.7. The third-order valence-electron chi connectivity index (χ3n) is 6.13. The lowest BCUT2D eigenvalue weighted by Crippen LogP contribution is -3.28. The second-order valence-electron chi connectivity index (χ2n) is 8.71. The average molecular weight is 405 g/mol. The van der Waals surface area contributed by atoms with Gasteiger partial charge in [-0.25, -0.2) is 0 Å². The minimum Gasteiger partial charge on any atom is -0.372 e. The van der Waals surface area contributed by atoms with E-state index in [0.29, 0.717) is 26.2 Å². The molecule has 7 heteroatoms. The number of morpholine rings is 1. The van der Waals surface area contributed by atoms with Crippen molar-refractivity contribution in [1.29, 1.82) is 0 Å². The Kier molecular flexibility index (Phi) is 7.27. The molecule has 0 aliphatic carbocycles. The molecule has 0 radical (unpaired) electrons. The van der Waals surface area contributed by atoms with Gasteiger partial charge in [0.2, 0.25) is 0 Å². The summed E-state index contributed by atoms with van der Waals surface area (Å²) in [6.45, 7) is 14.2. The Hall–Kier alpha value is -1.96. The summed E-state index contributed by atoms with van der Waals surface area (Å²) >= 11 is 0. The zero-order chi connectivity index (χ0) is 21.0. The molecule has 3 rings (SSSR count). The van der Waals surface area contributed by atoms with Crippen LogP contribution in [0.15, 0.2) is 18.2 Å². The number of benzene rings is 1. The van der Waals surface area contributed by atoms with E-state index in [0.717, 1.165) is 37.4 Å². The Morgan fingerprint density at radius 3 is 2.24 bits per heavy atom. The van der Waals surface area contributed by atoms with Crippen molar-refractivity contribution < 1.29 is 24.1 Å². The van der Waals surface area contributed by atoms with Crippen LogP contribution in [-0.2, 0) is 14.3 Å². The van der Waals surface area contributed by atoms with Gasteiger partial charge in [0.05, 0.1) is 12.2 Å². The number of ether oxygens (including phenoxy) is 1. The van der Waals surface area contributed by atoms with E-state index in [9.17, 15) is 9.59 Å². The van der Waals surface area contributed by atoms with Gasteiger partial charge in [-0.15, -0.1) is 0 Å². The number of anilines is 1. The van der Waals surface area contributed by atoms with E-state index in [1.54, 1.807) is 0 Å². The van der Waals surface area contributed by atoms with E-state index in [1.807, 2.05) is 37.8 Å². The van der Waals surface area contributed by atoms with Gasteiger partial charge in [-0.05, 0) is 44.9 Å². The molecule has 160 valence electrons. The molecule has 0 aromatic heterocycles. The molecule has 0 unspecified atom stereocenters. The van der Waals surface area contributed by atoms with Gasteiger partial charge < -0.3 is 24.8 Å². The quantitative estimate of drug-likeness (QED) is 0.569. The van der Waals surface area contributed by atoms with Crippen LogP contribution >= 0.6 is 0 Å². The number of rotatable bonds is 5. The lowest BCUT2D eigenvalue weighted by Gasteiger charge is -2.36. The molecular formula is C22H36N4O3+2. The fourth-order valence-corrected chi connectivity index (χ4v) is 4.33. The number of piperazine rings is 1. The predicted molar refractivity (Wildman–Crippen MR) is 112 cm³/mol. The molecule has 2 atom stereocenters. The van der Waals surface area contributed by atoms with Gasteiger partial charge in [-0.3, -0.25) is 9.59 Å². The van der Waals surface area contributed by atoms with E-state index < -0.39 is 0 Å². The molecule has 2 amide bonds. The minimum absolute atomic E-state index is 0.0597. The molecule has 3 N–H and O–H groups in total. The molecule has 0 spiro atoms. The Morgan fingerprint density at radius 1 is 1.03 bits per heavy atom. The number of quaternary nitrogens is 2. The highest BCUT2D eigenvalue weighted by Crippen LogP contribution is 2.17. The Morgan fingerprint density at radius 2 is 1.62 bits per heavy atom. The van der Waals surface area contributed by atoms with Gasteiger partial charge in [0.15, 0.2) is 13.1 Å². The number of aryl methyl sites for hydroxylation is 1. The van der Waals surface area contributed by atoms with E-state index >= 15 is 0 Å². The maximum atomic E-state index is 12.7. The molecular weight excluding hydrogens is 368 g/mol. The largest absolute Gasteiger partial charge is 0.372 e. The summed E-state index contributed by atoms with van der Waals surface area (Å²) < 4.78 is 5.72. The Labute approximate surface area is 174 Å². The molecule has 0 saturated carbocycles. The third kappa shape index (κ3) is 6.01. The van der Waals surface area contributed by atoms with Crippen LogP contribution in [0.5, 0.6) is 0 Å². The molecule has 2 fully saturated rings. The summed E-state index contributed by atoms with van der Waals surface area (Å²) in [5.41, 5.74) is 3.20. The number of nitrogens with one attached hydrogen (secondary N) is 3. The topological polar surface area (TPSA) is 67.5 Å². The number of hydrogen-bond donors (Lipinski definition) is 3. The predicted octanol–water partition coefficient (Wildman–Crippen LogP) is -1.34. The number of carbonyl (C=O) groups is 2. The molecule has 29 heavy (non-hydrogen) atoms. The molecule has 7 nitrogen and oxygen atoms in total. The Bertz CT molecular complexity index is 721. The zero-order valence-corrected chi connectivity index (χ0v) is 18.2. The van der Waals surface area contributed by atoms with Crippen LogP contribution in [-0.4, -0.2) is 81.3 Å². The third-order valence-corrected chi connectivity index (χ3v) is 6.13. The maximum Gasteiger partial charge on any atom is 0.279 e. The SMILES string of the molecule is Cc1cccc(NC(=O)C[NH+]2CC[NH+](CC(=O)N3C[C@@H](C)O[C@@H](C)C3)CC2)c1C. The lowest BCUT2D eigenvalue weighted by molar-refractivity contribution is -1.00. The van der Waals surface area contributed by atoms with Gasteiger partial charge in [-0.2, -0.15) is 0 Å². The summed E-state index contributed by atoms with van der Waals surface area (Å²) in [5, 5.41) is 3.05. The molecule has 2 heterocycles. The molecule has 0 bridgehead atoms. The van der Waals surface area contributed by atoms with E-state index in [-0.39, 0.29) is 24.0 Å². The molecule has 2 saturated heterocycles. The fourth-order valence-electron chi connectivity index (χ4n) is 4.33. The second kappa shape index (κ2) is 9.69. The smallest absolute Gasteiger partial charge is 0.279 e. The number of amides is 2. The number of hydrogen-bond acceptors (Lipinski definition) is 3. The van der Waals surface area contributed by atoms with E-state index in [4.69, 9.17) is 4.74 Å². The summed E-state index contributed by atoms with van der Waals surface area (Å²) in [6, 6.07) is 5.98. The number of carbonyl (C=O) groups excluding carboxylic acids is 2. The summed E-state index contributed by atoms with van der Waals surface area (Å²) in [7, 11) is 0. The monoisotopic (exact) mass is 404 g/mol. The highest BCUT2D eigenvalue weighted by Gasteiger charge is 2.31. The molecule has 2 aliphatic heterocycles. The van der Waals surface area contributed by atoms with Crippen molar-refractivity contribution in [3.05, 3.63) is 29.3 Å². The van der Waals surface area contributed by atoms with Gasteiger partial charge in [0.1, 0.15) is 26.2 Å². The maximum absolute atomic E-state index is 12.7. The van der Waals surface area contributed by atoms with Gasteiger partial charge in [-0.1, -0.05) is 12.1 Å². The van der Waals surface area contributed by atoms with Crippen LogP contribution < -0.4 is 15.1 Å². The standard InChI is InChI=1S/C22H34N4O3/c1-16-6-5-7-20(19(16)4)23-21(27)14-24-8-10-25(11-9-24)15-22(28)26-12-17(2)29-18(3)13-26/h5-7,17-18H,8-15H2,1-4H3,(H,23,27)/p+2/t17-,18+. The lowest BCUT2D eigenvalue weighted by atomic mass is 10.1. The van der Waals surface area contributed by atoms with E-state index in [2.05, 4.69) is 18.3 Å². The van der Waals surface area contributed by atoms with Gasteiger partial charge >= 0.3 is 0 Å². The van der Waals surface area contributed by atoms with E-state index in [1.165, 1.54) is 15.4 Å². The van der Waals surface area contributed by atoms with Crippen LogP contribution in [0.1, 0.15) is 25.0 Å². The fraction of sp³-hybridized carbons (Fsp3) is 0.636. The van der Waals surface area contributed by atoms with Crippen molar-refractivity contribution in [2.45, 2.75) is 39.9 Å². The van der Waals surface area contributed by atoms with Crippen LogP contribution in [0, 0.1) is 13.8 Å².